The van der Waals surface area contributed by atoms with Gasteiger partial charge in [0, 0.05) is 60.9 Å². The van der Waals surface area contributed by atoms with Gasteiger partial charge in [-0.25, -0.2) is 35.9 Å². The van der Waals surface area contributed by atoms with E-state index in [-0.39, 0.29) is 204 Å². The van der Waals surface area contributed by atoms with Crippen molar-refractivity contribution in [2.45, 2.75) is 183 Å². The van der Waals surface area contributed by atoms with E-state index >= 15 is 0 Å². The van der Waals surface area contributed by atoms with Crippen molar-refractivity contribution in [3.05, 3.63) is 169 Å². The van der Waals surface area contributed by atoms with Gasteiger partial charge in [-0.05, 0) is 213 Å². The Kier molecular flexibility index (Phi) is 64.1. The number of aromatic hydroxyl groups is 3. The fourth-order valence-electron chi connectivity index (χ4n) is 10.8. The number of phenolic OH excluding ortho intramolecular Hbond substituents is 3. The summed E-state index contributed by atoms with van der Waals surface area (Å²) in [5.41, 5.74) is 0.689. The number of halogens is 13. The minimum atomic E-state index is -3.02. The zero-order valence-electron chi connectivity index (χ0n) is 65.1. The van der Waals surface area contributed by atoms with E-state index in [9.17, 15) is 70.7 Å². The number of methoxy groups -OCH3 is 1. The van der Waals surface area contributed by atoms with E-state index in [0.717, 1.165) is 69.6 Å². The monoisotopic (exact) mass is 2240 g/mol. The number of carboxylic acid groups (broad SMARTS) is 2. The van der Waals surface area contributed by atoms with Gasteiger partial charge in [0.2, 0.25) is 0 Å². The third-order valence-corrected chi connectivity index (χ3v) is 22.6. The van der Waals surface area contributed by atoms with Crippen LogP contribution < -0.4 is 113 Å². The molecule has 643 valence electrons. The molecule has 6 saturated carbocycles. The van der Waals surface area contributed by atoms with Gasteiger partial charge in [0.05, 0.1) is 47.0 Å². The fourth-order valence-corrected chi connectivity index (χ4v) is 13.6. The summed E-state index contributed by atoms with van der Waals surface area (Å²) in [6, 6.07) is 27.7. The van der Waals surface area contributed by atoms with Crippen molar-refractivity contribution < 1.29 is 231 Å². The molecule has 21 nitrogen and oxygen atoms in total. The summed E-state index contributed by atoms with van der Waals surface area (Å²) in [6.07, 6.45) is 12.6. The zero-order valence-corrected chi connectivity index (χ0v) is 86.4. The zero-order chi connectivity index (χ0) is 83.1. The molecule has 6 aromatic carbocycles. The molecular formula is C77H90Br7F6MnNa3O21S3. The molecule has 0 radical (unpaired) electrons. The number of aldehydes is 1. The Bertz CT molecular complexity index is 4010. The number of Topliss-reactive ketones (excluding diaryl/α,β-unsaturated/α-hetero) is 1. The molecule has 6 N–H and O–H groups in total. The van der Waals surface area contributed by atoms with Crippen LogP contribution in [0.4, 0.5) is 26.3 Å². The van der Waals surface area contributed by atoms with Gasteiger partial charge >= 0.3 is 123 Å². The maximum atomic E-state index is 14.6. The van der Waals surface area contributed by atoms with E-state index in [2.05, 4.69) is 121 Å². The topological polar surface area (TPSA) is 360 Å². The molecule has 6 aromatic rings. The van der Waals surface area contributed by atoms with E-state index in [4.69, 9.17) is 42.1 Å². The molecule has 0 spiro atoms. The second-order valence-corrected chi connectivity index (χ2v) is 33.2. The molecular weight excluding hydrogens is 2150 g/mol. The first-order valence-electron chi connectivity index (χ1n) is 34.8. The average molecular weight is 2240 g/mol. The van der Waals surface area contributed by atoms with E-state index in [1.807, 2.05) is 0 Å². The van der Waals surface area contributed by atoms with Crippen molar-refractivity contribution in [2.24, 2.45) is 29.6 Å². The minimum absolute atomic E-state index is 0. The van der Waals surface area contributed by atoms with Crippen LogP contribution in [0, 0.1) is 29.6 Å². The molecule has 6 aliphatic rings. The third kappa shape index (κ3) is 39.3. The maximum absolute atomic E-state index is 14.6. The SMILES string of the molecule is BrC1CCC1.COC(=O)[C@H](C)Oc1ccc(Br)cc1C(F)(F)C1CCC1.C[C@H](Oc1ccc(Br)cc1C(F)(F)C1CCC1)C(=O)O.C[C@H](Oc1ccc(Br)cc1C(F)(F)C1CCC1)C(=O)[O-].O=C(c1cc(Br)ccc1O)C1CCC1.O=CO[O-].O=Cc1cc(Br)ccc1O.Oc1ccc(Br)cc1C(O)C1CCC1.S.S.S.[Na+].[Na+].[Na+].[OH-].[O]=[Mn]=[O]. The number of aliphatic carboxylic acids is 2. The Morgan fingerprint density at radius 3 is 1.11 bits per heavy atom. The first-order valence-corrected chi connectivity index (χ1v) is 41.4. The number of phenols is 3. The van der Waals surface area contributed by atoms with E-state index in [1.165, 1.54) is 102 Å². The molecule has 0 aliphatic heterocycles. The number of benzene rings is 6. The van der Waals surface area contributed by atoms with Gasteiger partial charge < -0.3 is 70.0 Å². The predicted octanol–water partition coefficient (Wildman–Crippen LogP) is 10.7. The number of carboxylic acids is 2. The first kappa shape index (κ1) is 123. The van der Waals surface area contributed by atoms with Crippen molar-refractivity contribution in [3.8, 4) is 34.5 Å². The molecule has 0 bridgehead atoms. The van der Waals surface area contributed by atoms with Gasteiger partial charge in [0.15, 0.2) is 24.3 Å². The van der Waals surface area contributed by atoms with Crippen molar-refractivity contribution in [3.63, 3.8) is 0 Å². The summed E-state index contributed by atoms with van der Waals surface area (Å²) >= 11 is 21.3. The van der Waals surface area contributed by atoms with Crippen molar-refractivity contribution in [1.82, 2.24) is 0 Å². The summed E-state index contributed by atoms with van der Waals surface area (Å²) < 4.78 is 128. The molecule has 118 heavy (non-hydrogen) atoms. The van der Waals surface area contributed by atoms with Crippen molar-refractivity contribution >= 4 is 188 Å². The number of carbonyl (C=O) groups excluding carboxylic acids is 5. The van der Waals surface area contributed by atoms with Gasteiger partial charge in [-0.15, -0.1) is 0 Å². The van der Waals surface area contributed by atoms with Crippen LogP contribution in [-0.2, 0) is 69.1 Å². The quantitative estimate of drug-likeness (QED) is 0.00653. The Balaban J connectivity index is -0.000000641. The average Bonchev–Trinajstić information content (AvgIpc) is 0.785. The molecule has 1 unspecified atom stereocenters. The van der Waals surface area contributed by atoms with E-state index < -0.39 is 92.7 Å². The predicted molar refractivity (Wildman–Crippen MR) is 446 cm³/mol. The molecule has 12 rings (SSSR count). The number of hydrogen-bond donors (Lipinski definition) is 5. The number of rotatable bonds is 21. The van der Waals surface area contributed by atoms with Crippen LogP contribution in [0.3, 0.4) is 0 Å². The van der Waals surface area contributed by atoms with E-state index in [0.29, 0.717) is 80.8 Å². The van der Waals surface area contributed by atoms with Gasteiger partial charge in [0.1, 0.15) is 40.6 Å². The summed E-state index contributed by atoms with van der Waals surface area (Å²) in [7, 11) is 1.23. The number of hydrogen-bond acceptors (Lipinski definition) is 20. The Hall–Kier alpha value is -1.67. The molecule has 41 heteroatoms. The van der Waals surface area contributed by atoms with Crippen LogP contribution in [0.5, 0.6) is 34.5 Å². The summed E-state index contributed by atoms with van der Waals surface area (Å²) in [5.74, 6) is -13.6. The van der Waals surface area contributed by atoms with Crippen molar-refractivity contribution in [2.75, 3.05) is 7.11 Å². The van der Waals surface area contributed by atoms with Gasteiger partial charge in [-0.1, -0.05) is 150 Å². The van der Waals surface area contributed by atoms with Crippen LogP contribution in [0.15, 0.2) is 136 Å². The first-order chi connectivity index (χ1) is 52.3. The van der Waals surface area contributed by atoms with Gasteiger partial charge in [-0.2, -0.15) is 40.5 Å². The Labute approximate surface area is 833 Å². The standard InChI is InChI=1S/C15H17BrF2O3.2C14H15BrF2O3.C11H13BrO2.C11H11BrO2.C7H5BrO2.C4H7Br.CH2O3.Mn.3Na.H2O.2O.3H2S/c1-9(14(19)20-2)21-13-7-6-11(16)8-12(13)15(17,18)10-4-3-5-10;2*1-8(13(18)19)20-12-6-5-10(15)7-11(12)14(16,17)9-3-2-4-9;2*12-8-4-5-10(13)9(6-8)11(14)7-2-1-3-7;8-6-1-2-7(10)5(3-6)4-9;5-4-2-1-3-4;2-1-4-3;;;;;;;;;;/h6-10H,3-5H2,1-2H3;2*5-9H,2-4H2,1H3,(H,18,19);4-7,11,13-14H,1-3H2;4-7,13H,1-3H2;1-4,10H;4H,1-3H2;1,3H;;;;;1H2;;;3*1H2/q;;;;;;;;;3*+1;;;;;;/p-3/t9-;2*8-;;;;;;;;;;;;;;;/m000.............../s1. The number of ether oxygens (including phenoxy) is 4. The summed E-state index contributed by atoms with van der Waals surface area (Å²) in [5, 5.41) is 66.0. The third-order valence-electron chi connectivity index (χ3n) is 18.7. The van der Waals surface area contributed by atoms with Crippen molar-refractivity contribution in [1.29, 1.82) is 0 Å². The number of carbonyl (C=O) groups is 6. The Morgan fingerprint density at radius 2 is 0.822 bits per heavy atom. The molecule has 4 atom stereocenters. The number of aliphatic hydroxyl groups excluding tert-OH is 1. The van der Waals surface area contributed by atoms with Crippen LogP contribution in [-0.4, -0.2) is 97.7 Å². The second kappa shape index (κ2) is 61.7. The number of aliphatic hydroxyl groups is 1. The normalized spacial score (nSPS) is 15.3. The number of ketones is 1. The number of alkyl halides is 7. The van der Waals surface area contributed by atoms with Crippen LogP contribution in [0.25, 0.3) is 0 Å². The second-order valence-electron chi connectivity index (χ2n) is 26.2. The van der Waals surface area contributed by atoms with Gasteiger partial charge in [0.25, 0.3) is 24.2 Å². The molecule has 6 fully saturated rings. The molecule has 0 saturated heterocycles. The van der Waals surface area contributed by atoms with Gasteiger partial charge in [-0.3, -0.25) is 14.4 Å². The fraction of sp³-hybridized carbons (Fsp3) is 0.455. The number of esters is 1. The van der Waals surface area contributed by atoms with Crippen LogP contribution >= 0.6 is 152 Å². The molecule has 6 aliphatic carbocycles. The molecule has 0 aromatic heterocycles. The van der Waals surface area contributed by atoms with E-state index in [1.54, 1.807) is 60.7 Å². The van der Waals surface area contributed by atoms with Crippen LogP contribution in [0.2, 0.25) is 0 Å². The summed E-state index contributed by atoms with van der Waals surface area (Å²) in [6.45, 7) is 3.86. The molecule has 0 heterocycles. The Morgan fingerprint density at radius 1 is 0.508 bits per heavy atom. The van der Waals surface area contributed by atoms with Crippen LogP contribution in [0.1, 0.15) is 185 Å². The summed E-state index contributed by atoms with van der Waals surface area (Å²) in [4.78, 5) is 67.1. The molecule has 0 amide bonds.